The van der Waals surface area contributed by atoms with Crippen LogP contribution in [-0.2, 0) is 23.0 Å². The Labute approximate surface area is 183 Å². The number of nitrogens with one attached hydrogen (secondary N) is 1. The van der Waals surface area contributed by atoms with Gasteiger partial charge in [0.05, 0.1) is 4.90 Å². The summed E-state index contributed by atoms with van der Waals surface area (Å²) in [7, 11) is -4.02. The monoisotopic (exact) mass is 443 g/mol. The molecule has 1 amide bonds. The van der Waals surface area contributed by atoms with Gasteiger partial charge in [-0.15, -0.1) is 0 Å². The molecule has 0 saturated heterocycles. The molecule has 2 aromatic carbocycles. The highest BCUT2D eigenvalue weighted by atomic mass is 32.2. The molecule has 0 saturated carbocycles. The Hall–Kier alpha value is -2.68. The van der Waals surface area contributed by atoms with Crippen LogP contribution in [0.4, 0.5) is 0 Å². The minimum Gasteiger partial charge on any atom is -0.366 e. The molecule has 1 atom stereocenters. The van der Waals surface area contributed by atoms with E-state index < -0.39 is 10.1 Å². The van der Waals surface area contributed by atoms with Gasteiger partial charge in [-0.1, -0.05) is 31.5 Å². The number of rotatable bonds is 5. The predicted octanol–water partition coefficient (Wildman–Crippen LogP) is 3.32. The van der Waals surface area contributed by atoms with Gasteiger partial charge in [0.2, 0.25) is 5.91 Å². The van der Waals surface area contributed by atoms with Crippen LogP contribution >= 0.6 is 0 Å². The summed E-state index contributed by atoms with van der Waals surface area (Å²) in [6.45, 7) is 8.27. The van der Waals surface area contributed by atoms with Crippen molar-refractivity contribution >= 4 is 26.9 Å². The number of aromatic amines is 1. The van der Waals surface area contributed by atoms with Crippen LogP contribution in [0, 0.1) is 6.92 Å². The average Bonchev–Trinajstić information content (AvgIpc) is 3.13. The van der Waals surface area contributed by atoms with Crippen LogP contribution in [-0.4, -0.2) is 47.9 Å². The molecule has 0 fully saturated rings. The number of aromatic nitrogens is 1. The molecule has 166 valence electrons. The Balaban J connectivity index is 0.000000210. The van der Waals surface area contributed by atoms with Gasteiger partial charge in [-0.3, -0.25) is 9.35 Å². The maximum absolute atomic E-state index is 11.7. The number of primary amides is 1. The number of H-pyrrole nitrogens is 1. The fraction of sp³-hybridized carbons (Fsp3) is 0.348. The van der Waals surface area contributed by atoms with Crippen molar-refractivity contribution in [1.29, 1.82) is 0 Å². The van der Waals surface area contributed by atoms with Crippen molar-refractivity contribution in [1.82, 2.24) is 9.88 Å². The van der Waals surface area contributed by atoms with E-state index in [1.165, 1.54) is 23.1 Å². The molecular formula is C23H29N3O4S. The minimum absolute atomic E-state index is 0.0666. The molecule has 0 radical (unpaired) electrons. The van der Waals surface area contributed by atoms with Gasteiger partial charge in [0.15, 0.2) is 0 Å². The number of amides is 1. The standard InChI is InChI=1S/C16H21N3O.C7H8O3S/c1-3-19(4-2)11-7-10-9-18-14-6-5-12(16(17)20)13(8-11)15(10)14;1-6-2-4-7(5-3-6)11(8,9)10/h5-6,9,11,18H,3-4,7-8H2,1-2H3,(H2,17,20);2-5H,1H3,(H,8,9,10). The van der Waals surface area contributed by atoms with E-state index in [9.17, 15) is 13.2 Å². The zero-order valence-electron chi connectivity index (χ0n) is 18.1. The highest BCUT2D eigenvalue weighted by Crippen LogP contribution is 2.33. The van der Waals surface area contributed by atoms with E-state index in [-0.39, 0.29) is 10.8 Å². The van der Waals surface area contributed by atoms with Crippen LogP contribution in [0.5, 0.6) is 0 Å². The van der Waals surface area contributed by atoms with Gasteiger partial charge >= 0.3 is 0 Å². The van der Waals surface area contributed by atoms with Crippen molar-refractivity contribution in [2.45, 2.75) is 44.6 Å². The molecule has 3 aromatic rings. The van der Waals surface area contributed by atoms with E-state index in [0.717, 1.165) is 42.6 Å². The van der Waals surface area contributed by atoms with Crippen LogP contribution in [0.15, 0.2) is 47.5 Å². The molecule has 0 aliphatic heterocycles. The van der Waals surface area contributed by atoms with Crippen LogP contribution in [0.3, 0.4) is 0 Å². The van der Waals surface area contributed by atoms with E-state index in [1.54, 1.807) is 12.1 Å². The van der Waals surface area contributed by atoms with Crippen LogP contribution in [0.1, 0.15) is 40.9 Å². The molecule has 1 aliphatic carbocycles. The van der Waals surface area contributed by atoms with Crippen molar-refractivity contribution in [2.24, 2.45) is 5.73 Å². The molecule has 1 heterocycles. The Morgan fingerprint density at radius 1 is 1.13 bits per heavy atom. The lowest BCUT2D eigenvalue weighted by atomic mass is 9.85. The summed E-state index contributed by atoms with van der Waals surface area (Å²) in [4.78, 5) is 17.4. The highest BCUT2D eigenvalue weighted by Gasteiger charge is 2.27. The van der Waals surface area contributed by atoms with Crippen molar-refractivity contribution in [2.75, 3.05) is 13.1 Å². The van der Waals surface area contributed by atoms with Crippen LogP contribution in [0.2, 0.25) is 0 Å². The fourth-order valence-electron chi connectivity index (χ4n) is 4.25. The van der Waals surface area contributed by atoms with E-state index in [2.05, 4.69) is 29.9 Å². The first-order chi connectivity index (χ1) is 14.7. The van der Waals surface area contributed by atoms with Gasteiger partial charge in [0.1, 0.15) is 0 Å². The summed E-state index contributed by atoms with van der Waals surface area (Å²) in [5.74, 6) is -0.325. The second kappa shape index (κ2) is 9.21. The van der Waals surface area contributed by atoms with E-state index in [1.807, 2.05) is 19.1 Å². The summed E-state index contributed by atoms with van der Waals surface area (Å²) in [5.41, 5.74) is 10.7. The Morgan fingerprint density at radius 3 is 2.32 bits per heavy atom. The third-order valence-corrected chi connectivity index (χ3v) is 6.71. The molecule has 31 heavy (non-hydrogen) atoms. The second-order valence-electron chi connectivity index (χ2n) is 7.76. The number of carbonyl (C=O) groups is 1. The molecule has 0 spiro atoms. The maximum Gasteiger partial charge on any atom is 0.294 e. The summed E-state index contributed by atoms with van der Waals surface area (Å²) in [6.07, 6.45) is 4.02. The van der Waals surface area contributed by atoms with E-state index in [0.29, 0.717) is 11.6 Å². The van der Waals surface area contributed by atoms with Crippen molar-refractivity contribution in [3.8, 4) is 0 Å². The Bertz CT molecular complexity index is 1180. The topological polar surface area (TPSA) is 116 Å². The third-order valence-electron chi connectivity index (χ3n) is 5.84. The van der Waals surface area contributed by atoms with Crippen molar-refractivity contribution in [3.05, 3.63) is 64.8 Å². The smallest absolute Gasteiger partial charge is 0.294 e. The molecular weight excluding hydrogens is 414 g/mol. The van der Waals surface area contributed by atoms with E-state index in [4.69, 9.17) is 10.3 Å². The molecule has 4 N–H and O–H groups in total. The van der Waals surface area contributed by atoms with Crippen LogP contribution in [0.25, 0.3) is 10.9 Å². The third kappa shape index (κ3) is 4.98. The van der Waals surface area contributed by atoms with Gasteiger partial charge in [0.25, 0.3) is 10.1 Å². The van der Waals surface area contributed by atoms with Gasteiger partial charge in [-0.25, -0.2) is 0 Å². The molecule has 7 nitrogen and oxygen atoms in total. The number of nitrogens with zero attached hydrogens (tertiary/aromatic N) is 1. The predicted molar refractivity (Wildman–Crippen MR) is 122 cm³/mol. The first-order valence-corrected chi connectivity index (χ1v) is 11.8. The Morgan fingerprint density at radius 2 is 1.77 bits per heavy atom. The largest absolute Gasteiger partial charge is 0.366 e. The SMILES string of the molecule is CCN(CC)C1Cc2c[nH]c3ccc(C(N)=O)c(c23)C1.Cc1ccc(S(=O)(=O)O)cc1. The molecule has 1 aliphatic rings. The number of aryl methyl sites for hydroxylation is 1. The lowest BCUT2D eigenvalue weighted by molar-refractivity contribution is 0.0999. The zero-order valence-corrected chi connectivity index (χ0v) is 18.9. The highest BCUT2D eigenvalue weighted by molar-refractivity contribution is 7.85. The molecule has 1 unspecified atom stereocenters. The maximum atomic E-state index is 11.7. The number of nitrogens with two attached hydrogens (primary N) is 1. The summed E-state index contributed by atoms with van der Waals surface area (Å²) in [5, 5.41) is 1.21. The first kappa shape index (κ1) is 23.0. The lowest BCUT2D eigenvalue weighted by Gasteiger charge is -2.33. The molecule has 1 aromatic heterocycles. The number of hydrogen-bond acceptors (Lipinski definition) is 4. The second-order valence-corrected chi connectivity index (χ2v) is 9.19. The number of benzene rings is 2. The number of hydrogen-bond donors (Lipinski definition) is 3. The normalized spacial score (nSPS) is 15.6. The summed E-state index contributed by atoms with van der Waals surface area (Å²) < 4.78 is 29.6. The summed E-state index contributed by atoms with van der Waals surface area (Å²) in [6, 6.07) is 10.3. The first-order valence-electron chi connectivity index (χ1n) is 10.4. The molecule has 0 bridgehead atoms. The summed E-state index contributed by atoms with van der Waals surface area (Å²) >= 11 is 0. The lowest BCUT2D eigenvalue weighted by Crippen LogP contribution is -2.40. The van der Waals surface area contributed by atoms with Gasteiger partial charge < -0.3 is 15.6 Å². The van der Waals surface area contributed by atoms with Gasteiger partial charge in [-0.05, 0) is 68.2 Å². The van der Waals surface area contributed by atoms with Gasteiger partial charge in [0, 0.05) is 28.7 Å². The average molecular weight is 444 g/mol. The minimum atomic E-state index is -4.02. The van der Waals surface area contributed by atoms with Gasteiger partial charge in [-0.2, -0.15) is 8.42 Å². The Kier molecular flexibility index (Phi) is 6.83. The number of carbonyl (C=O) groups excluding carboxylic acids is 1. The fourth-order valence-corrected chi connectivity index (χ4v) is 4.73. The van der Waals surface area contributed by atoms with Crippen LogP contribution < -0.4 is 5.73 Å². The van der Waals surface area contributed by atoms with E-state index >= 15 is 0 Å². The zero-order chi connectivity index (χ0) is 22.8. The van der Waals surface area contributed by atoms with Crippen molar-refractivity contribution < 1.29 is 17.8 Å². The van der Waals surface area contributed by atoms with Crippen molar-refractivity contribution in [3.63, 3.8) is 0 Å². The molecule has 8 heteroatoms. The quantitative estimate of drug-likeness (QED) is 0.523. The molecule has 4 rings (SSSR count). The number of likely N-dealkylation sites (N-methyl/N-ethyl adjacent to an activating group) is 1.